The van der Waals surface area contributed by atoms with Gasteiger partial charge in [0.05, 0.1) is 6.54 Å². The van der Waals surface area contributed by atoms with Gasteiger partial charge in [0.15, 0.2) is 5.03 Å². The van der Waals surface area contributed by atoms with Crippen molar-refractivity contribution in [1.82, 2.24) is 19.1 Å². The van der Waals surface area contributed by atoms with Crippen LogP contribution < -0.4 is 0 Å². The van der Waals surface area contributed by atoms with E-state index in [1.165, 1.54) is 6.20 Å². The molecular weight excluding hydrogens is 264 g/mol. The van der Waals surface area contributed by atoms with E-state index in [0.29, 0.717) is 12.4 Å². The number of halogens is 1. The summed E-state index contributed by atoms with van der Waals surface area (Å²) in [6.07, 6.45) is 4.91. The molecule has 0 aliphatic carbocycles. The van der Waals surface area contributed by atoms with Gasteiger partial charge in [-0.1, -0.05) is 0 Å². The molecule has 0 unspecified atom stereocenters. The predicted molar refractivity (Wildman–Crippen MR) is 62.3 cm³/mol. The van der Waals surface area contributed by atoms with Crippen LogP contribution >= 0.6 is 10.7 Å². The summed E-state index contributed by atoms with van der Waals surface area (Å²) in [5.74, 6) is 1.39. The third-order valence-electron chi connectivity index (χ3n) is 2.44. The van der Waals surface area contributed by atoms with E-state index in [2.05, 4.69) is 9.97 Å². The second kappa shape index (κ2) is 4.15. The number of hydrogen-bond donors (Lipinski definition) is 0. The van der Waals surface area contributed by atoms with E-state index in [4.69, 9.17) is 10.7 Å². The normalized spacial score (nSPS) is 11.9. The molecule has 2 heterocycles. The molecule has 17 heavy (non-hydrogen) atoms. The number of imidazole rings is 2. The van der Waals surface area contributed by atoms with E-state index < -0.39 is 9.05 Å². The molecule has 0 aliphatic heterocycles. The summed E-state index contributed by atoms with van der Waals surface area (Å²) in [7, 11) is 3.32. The molecule has 2 aromatic heterocycles. The summed E-state index contributed by atoms with van der Waals surface area (Å²) >= 11 is 0. The fourth-order valence-electron chi connectivity index (χ4n) is 1.46. The quantitative estimate of drug-likeness (QED) is 0.780. The lowest BCUT2D eigenvalue weighted by molar-refractivity contribution is 0.606. The Morgan fingerprint density at radius 2 is 2.18 bits per heavy atom. The van der Waals surface area contributed by atoms with Crippen LogP contribution in [0.4, 0.5) is 0 Å². The van der Waals surface area contributed by atoms with Gasteiger partial charge in [-0.15, -0.1) is 0 Å². The lowest BCUT2D eigenvalue weighted by Gasteiger charge is -2.04. The maximum Gasteiger partial charge on any atom is 0.280 e. The largest absolute Gasteiger partial charge is 0.337 e. The molecule has 92 valence electrons. The molecule has 0 amide bonds. The molecule has 2 aromatic rings. The highest BCUT2D eigenvalue weighted by Gasteiger charge is 2.16. The van der Waals surface area contributed by atoms with Crippen LogP contribution in [0.15, 0.2) is 23.6 Å². The van der Waals surface area contributed by atoms with Crippen molar-refractivity contribution in [2.24, 2.45) is 7.05 Å². The van der Waals surface area contributed by atoms with Gasteiger partial charge in [-0.05, 0) is 6.92 Å². The number of rotatable bonds is 3. The van der Waals surface area contributed by atoms with E-state index >= 15 is 0 Å². The molecule has 0 atom stereocenters. The number of hydrogen-bond acceptors (Lipinski definition) is 4. The van der Waals surface area contributed by atoms with Gasteiger partial charge < -0.3 is 9.13 Å². The van der Waals surface area contributed by atoms with Gasteiger partial charge in [-0.3, -0.25) is 0 Å². The van der Waals surface area contributed by atoms with E-state index in [1.54, 1.807) is 17.7 Å². The summed E-state index contributed by atoms with van der Waals surface area (Å²) in [5.41, 5.74) is 0. The highest BCUT2D eigenvalue weighted by molar-refractivity contribution is 8.13. The Morgan fingerprint density at radius 1 is 1.47 bits per heavy atom. The first-order valence-corrected chi connectivity index (χ1v) is 7.13. The van der Waals surface area contributed by atoms with Crippen molar-refractivity contribution in [2.45, 2.75) is 18.5 Å². The first-order valence-electron chi connectivity index (χ1n) is 4.82. The van der Waals surface area contributed by atoms with Crippen LogP contribution in [0.25, 0.3) is 0 Å². The number of aryl methyl sites for hydroxylation is 2. The molecule has 6 nitrogen and oxygen atoms in total. The maximum atomic E-state index is 11.1. The maximum absolute atomic E-state index is 11.1. The van der Waals surface area contributed by atoms with Gasteiger partial charge >= 0.3 is 0 Å². The first-order chi connectivity index (χ1) is 7.88. The molecule has 0 aliphatic rings. The highest BCUT2D eigenvalue weighted by Crippen LogP contribution is 2.14. The summed E-state index contributed by atoms with van der Waals surface area (Å²) < 4.78 is 25.8. The molecule has 2 rings (SSSR count). The SMILES string of the molecule is Cc1nc(S(=O)(=O)Cl)cn1Cc1nccn1C. The zero-order chi connectivity index (χ0) is 12.6. The summed E-state index contributed by atoms with van der Waals surface area (Å²) in [6, 6.07) is 0. The topological polar surface area (TPSA) is 69.8 Å². The smallest absolute Gasteiger partial charge is 0.280 e. The van der Waals surface area contributed by atoms with Gasteiger partial charge in [-0.25, -0.2) is 18.4 Å². The summed E-state index contributed by atoms with van der Waals surface area (Å²) in [6.45, 7) is 2.17. The van der Waals surface area contributed by atoms with Crippen molar-refractivity contribution in [2.75, 3.05) is 0 Å². The zero-order valence-electron chi connectivity index (χ0n) is 9.33. The minimum absolute atomic E-state index is 0.133. The van der Waals surface area contributed by atoms with Crippen molar-refractivity contribution >= 4 is 19.7 Å². The van der Waals surface area contributed by atoms with Crippen LogP contribution in [0.5, 0.6) is 0 Å². The Kier molecular flexibility index (Phi) is 2.96. The molecular formula is C9H11ClN4O2S. The number of aromatic nitrogens is 4. The van der Waals surface area contributed by atoms with Crippen LogP contribution in [0, 0.1) is 6.92 Å². The first kappa shape index (κ1) is 12.1. The molecule has 0 N–H and O–H groups in total. The Balaban J connectivity index is 2.35. The van der Waals surface area contributed by atoms with Crippen LogP contribution in [0.3, 0.4) is 0 Å². The Morgan fingerprint density at radius 3 is 2.65 bits per heavy atom. The fourth-order valence-corrected chi connectivity index (χ4v) is 2.18. The van der Waals surface area contributed by atoms with E-state index in [0.717, 1.165) is 5.82 Å². The van der Waals surface area contributed by atoms with Crippen molar-refractivity contribution in [3.8, 4) is 0 Å². The lowest BCUT2D eigenvalue weighted by Crippen LogP contribution is -2.06. The average Bonchev–Trinajstić information content (AvgIpc) is 2.75. The van der Waals surface area contributed by atoms with Crippen molar-refractivity contribution in [1.29, 1.82) is 0 Å². The van der Waals surface area contributed by atoms with E-state index in [-0.39, 0.29) is 5.03 Å². The monoisotopic (exact) mass is 274 g/mol. The molecule has 0 radical (unpaired) electrons. The van der Waals surface area contributed by atoms with Crippen molar-refractivity contribution in [3.63, 3.8) is 0 Å². The lowest BCUT2D eigenvalue weighted by atomic mass is 10.5. The van der Waals surface area contributed by atoms with Crippen LogP contribution in [-0.4, -0.2) is 27.5 Å². The van der Waals surface area contributed by atoms with Crippen molar-refractivity contribution in [3.05, 3.63) is 30.2 Å². The second-order valence-electron chi connectivity index (χ2n) is 3.65. The van der Waals surface area contributed by atoms with Gasteiger partial charge in [0.1, 0.15) is 11.6 Å². The Bertz CT molecular complexity index is 644. The predicted octanol–water partition coefficient (Wildman–Crippen LogP) is 0.901. The molecule has 0 saturated carbocycles. The molecule has 8 heteroatoms. The Labute approximate surface area is 103 Å². The minimum atomic E-state index is -3.78. The molecule has 0 aromatic carbocycles. The van der Waals surface area contributed by atoms with Crippen LogP contribution in [-0.2, 0) is 22.6 Å². The third-order valence-corrected chi connectivity index (χ3v) is 3.61. The summed E-state index contributed by atoms with van der Waals surface area (Å²) in [5, 5.41) is -0.133. The molecule has 0 spiro atoms. The summed E-state index contributed by atoms with van der Waals surface area (Å²) in [4.78, 5) is 8.05. The van der Waals surface area contributed by atoms with Gasteiger partial charge in [0, 0.05) is 36.3 Å². The molecule has 0 bridgehead atoms. The van der Waals surface area contributed by atoms with Crippen LogP contribution in [0.2, 0.25) is 0 Å². The standard InChI is InChI=1S/C9H11ClN4O2S/c1-7-12-9(17(10,15)16)6-14(7)5-8-11-3-4-13(8)2/h3-4,6H,5H2,1-2H3. The number of nitrogens with zero attached hydrogens (tertiary/aromatic N) is 4. The third kappa shape index (κ3) is 2.50. The fraction of sp³-hybridized carbons (Fsp3) is 0.333. The highest BCUT2D eigenvalue weighted by atomic mass is 35.7. The Hall–Kier alpha value is -1.34. The second-order valence-corrected chi connectivity index (χ2v) is 6.16. The molecule has 0 fully saturated rings. The van der Waals surface area contributed by atoms with E-state index in [9.17, 15) is 8.42 Å². The van der Waals surface area contributed by atoms with Gasteiger partial charge in [-0.2, -0.15) is 0 Å². The minimum Gasteiger partial charge on any atom is -0.337 e. The van der Waals surface area contributed by atoms with Gasteiger partial charge in [0.25, 0.3) is 9.05 Å². The zero-order valence-corrected chi connectivity index (χ0v) is 10.9. The van der Waals surface area contributed by atoms with Crippen LogP contribution in [0.1, 0.15) is 11.6 Å². The average molecular weight is 275 g/mol. The van der Waals surface area contributed by atoms with Crippen molar-refractivity contribution < 1.29 is 8.42 Å². The van der Waals surface area contributed by atoms with Gasteiger partial charge in [0.2, 0.25) is 0 Å². The molecule has 0 saturated heterocycles. The van der Waals surface area contributed by atoms with E-state index in [1.807, 2.05) is 17.8 Å².